The molecular weight excluding hydrogens is 274 g/mol. The first-order valence-electron chi connectivity index (χ1n) is 7.03. The SMILES string of the molecule is Cc1cc(C)nc(/N=C(/N)Nc2cccc3ccccc23)n1. The van der Waals surface area contributed by atoms with Gasteiger partial charge in [-0.1, -0.05) is 36.4 Å². The third-order valence-electron chi connectivity index (χ3n) is 3.24. The molecule has 0 bridgehead atoms. The first-order valence-corrected chi connectivity index (χ1v) is 7.03. The zero-order valence-corrected chi connectivity index (χ0v) is 12.5. The van der Waals surface area contributed by atoms with Crippen molar-refractivity contribution in [3.8, 4) is 0 Å². The van der Waals surface area contributed by atoms with E-state index in [4.69, 9.17) is 5.73 Å². The van der Waals surface area contributed by atoms with E-state index in [1.165, 1.54) is 0 Å². The van der Waals surface area contributed by atoms with E-state index >= 15 is 0 Å². The molecule has 5 heteroatoms. The Kier molecular flexibility index (Phi) is 3.70. The van der Waals surface area contributed by atoms with E-state index in [1.807, 2.05) is 50.2 Å². The van der Waals surface area contributed by atoms with Crippen molar-refractivity contribution < 1.29 is 0 Å². The quantitative estimate of drug-likeness (QED) is 0.561. The Hall–Kier alpha value is -2.95. The molecular formula is C17H17N5. The van der Waals surface area contributed by atoms with Crippen molar-refractivity contribution in [2.24, 2.45) is 10.7 Å². The summed E-state index contributed by atoms with van der Waals surface area (Å²) in [5.41, 5.74) is 8.62. The summed E-state index contributed by atoms with van der Waals surface area (Å²) in [5, 5.41) is 5.35. The Labute approximate surface area is 128 Å². The zero-order chi connectivity index (χ0) is 15.5. The minimum atomic E-state index is 0.265. The predicted octanol–water partition coefficient (Wildman–Crippen LogP) is 3.30. The van der Waals surface area contributed by atoms with E-state index in [1.54, 1.807) is 0 Å². The van der Waals surface area contributed by atoms with E-state index in [-0.39, 0.29) is 5.96 Å². The first-order chi connectivity index (χ1) is 10.6. The van der Waals surface area contributed by atoms with Crippen LogP contribution in [0.4, 0.5) is 11.6 Å². The van der Waals surface area contributed by atoms with Crippen LogP contribution in [0.3, 0.4) is 0 Å². The fraction of sp³-hybridized carbons (Fsp3) is 0.118. The number of hydrogen-bond donors (Lipinski definition) is 2. The van der Waals surface area contributed by atoms with Gasteiger partial charge in [-0.15, -0.1) is 0 Å². The van der Waals surface area contributed by atoms with E-state index < -0.39 is 0 Å². The standard InChI is InChI=1S/C17H17N5/c1-11-10-12(2)20-17(19-11)22-16(18)21-15-9-5-7-13-6-3-4-8-14(13)15/h3-10H,1-2H3,(H3,18,19,20,21,22). The fourth-order valence-electron chi connectivity index (χ4n) is 2.37. The molecule has 5 nitrogen and oxygen atoms in total. The van der Waals surface area contributed by atoms with Crippen molar-refractivity contribution in [3.05, 3.63) is 59.9 Å². The van der Waals surface area contributed by atoms with Crippen molar-refractivity contribution in [2.75, 3.05) is 5.32 Å². The minimum absolute atomic E-state index is 0.265. The third kappa shape index (κ3) is 3.03. The van der Waals surface area contributed by atoms with Crippen LogP contribution in [0.1, 0.15) is 11.4 Å². The lowest BCUT2D eigenvalue weighted by Gasteiger charge is -2.09. The maximum atomic E-state index is 5.99. The average molecular weight is 291 g/mol. The summed E-state index contributed by atoms with van der Waals surface area (Å²) in [7, 11) is 0. The molecule has 3 aromatic rings. The number of nitrogens with two attached hydrogens (primary N) is 1. The number of nitrogens with one attached hydrogen (secondary N) is 1. The van der Waals surface area contributed by atoms with Gasteiger partial charge in [-0.25, -0.2) is 9.97 Å². The van der Waals surface area contributed by atoms with Crippen LogP contribution in [-0.4, -0.2) is 15.9 Å². The van der Waals surface area contributed by atoms with Gasteiger partial charge >= 0.3 is 0 Å². The van der Waals surface area contributed by atoms with Crippen molar-refractivity contribution in [2.45, 2.75) is 13.8 Å². The van der Waals surface area contributed by atoms with Gasteiger partial charge in [-0.3, -0.25) is 0 Å². The van der Waals surface area contributed by atoms with Crippen LogP contribution in [0.15, 0.2) is 53.5 Å². The number of rotatable bonds is 2. The number of hydrogen-bond acceptors (Lipinski definition) is 3. The molecule has 1 aromatic heterocycles. The lowest BCUT2D eigenvalue weighted by atomic mass is 10.1. The number of guanidine groups is 1. The van der Waals surface area contributed by atoms with Crippen molar-refractivity contribution >= 4 is 28.4 Å². The summed E-state index contributed by atoms with van der Waals surface area (Å²) in [4.78, 5) is 12.8. The summed E-state index contributed by atoms with van der Waals surface area (Å²) >= 11 is 0. The topological polar surface area (TPSA) is 76.2 Å². The highest BCUT2D eigenvalue weighted by molar-refractivity contribution is 6.03. The Morgan fingerprint density at radius 3 is 2.45 bits per heavy atom. The van der Waals surface area contributed by atoms with Gasteiger partial charge in [0.1, 0.15) is 0 Å². The second-order valence-corrected chi connectivity index (χ2v) is 5.10. The minimum Gasteiger partial charge on any atom is -0.369 e. The molecule has 0 saturated carbocycles. The number of anilines is 1. The predicted molar refractivity (Wildman–Crippen MR) is 90.4 cm³/mol. The summed E-state index contributed by atoms with van der Waals surface area (Å²) in [6, 6.07) is 16.0. The maximum absolute atomic E-state index is 5.99. The Balaban J connectivity index is 1.92. The average Bonchev–Trinajstić information content (AvgIpc) is 2.46. The zero-order valence-electron chi connectivity index (χ0n) is 12.5. The molecule has 0 radical (unpaired) electrons. The number of aromatic nitrogens is 2. The Bertz CT molecular complexity index is 829. The van der Waals surface area contributed by atoms with Crippen LogP contribution >= 0.6 is 0 Å². The van der Waals surface area contributed by atoms with E-state index in [9.17, 15) is 0 Å². The molecule has 0 unspecified atom stereocenters. The van der Waals surface area contributed by atoms with Crippen LogP contribution in [0, 0.1) is 13.8 Å². The number of fused-ring (bicyclic) bond motifs is 1. The highest BCUT2D eigenvalue weighted by Crippen LogP contribution is 2.22. The van der Waals surface area contributed by atoms with Gasteiger partial charge in [0.15, 0.2) is 0 Å². The van der Waals surface area contributed by atoms with Crippen LogP contribution < -0.4 is 11.1 Å². The van der Waals surface area contributed by atoms with Gasteiger partial charge in [-0.05, 0) is 31.4 Å². The van der Waals surface area contributed by atoms with E-state index in [0.29, 0.717) is 5.95 Å². The second-order valence-electron chi connectivity index (χ2n) is 5.10. The maximum Gasteiger partial charge on any atom is 0.253 e. The summed E-state index contributed by atoms with van der Waals surface area (Å²) in [6.45, 7) is 3.81. The smallest absolute Gasteiger partial charge is 0.253 e. The van der Waals surface area contributed by atoms with Crippen molar-refractivity contribution in [1.29, 1.82) is 0 Å². The monoisotopic (exact) mass is 291 g/mol. The molecule has 0 saturated heterocycles. The van der Waals surface area contributed by atoms with E-state index in [0.717, 1.165) is 27.8 Å². The molecule has 22 heavy (non-hydrogen) atoms. The molecule has 0 aliphatic heterocycles. The van der Waals surface area contributed by atoms with Crippen LogP contribution in [0.25, 0.3) is 10.8 Å². The van der Waals surface area contributed by atoms with Crippen molar-refractivity contribution in [3.63, 3.8) is 0 Å². The number of aryl methyl sites for hydroxylation is 2. The molecule has 2 aromatic carbocycles. The van der Waals surface area contributed by atoms with Crippen molar-refractivity contribution in [1.82, 2.24) is 9.97 Å². The van der Waals surface area contributed by atoms with Crippen LogP contribution in [0.2, 0.25) is 0 Å². The van der Waals surface area contributed by atoms with E-state index in [2.05, 4.69) is 32.4 Å². The van der Waals surface area contributed by atoms with Gasteiger partial charge in [0.25, 0.3) is 5.95 Å². The molecule has 110 valence electrons. The molecule has 3 rings (SSSR count). The number of benzene rings is 2. The molecule has 0 amide bonds. The van der Waals surface area contributed by atoms with Crippen LogP contribution in [-0.2, 0) is 0 Å². The van der Waals surface area contributed by atoms with Gasteiger partial charge < -0.3 is 11.1 Å². The molecule has 0 fully saturated rings. The lowest BCUT2D eigenvalue weighted by molar-refractivity contribution is 1.04. The Morgan fingerprint density at radius 1 is 1.00 bits per heavy atom. The van der Waals surface area contributed by atoms with Gasteiger partial charge in [0.05, 0.1) is 0 Å². The summed E-state index contributed by atoms with van der Waals surface area (Å²) < 4.78 is 0. The normalized spacial score (nSPS) is 11.6. The summed E-state index contributed by atoms with van der Waals surface area (Å²) in [5.74, 6) is 0.629. The Morgan fingerprint density at radius 2 is 1.68 bits per heavy atom. The fourth-order valence-corrected chi connectivity index (χ4v) is 2.37. The third-order valence-corrected chi connectivity index (χ3v) is 3.24. The van der Waals surface area contributed by atoms with Gasteiger partial charge in [0.2, 0.25) is 5.96 Å². The molecule has 0 spiro atoms. The molecule has 0 aliphatic carbocycles. The molecule has 3 N–H and O–H groups in total. The number of nitrogens with zero attached hydrogens (tertiary/aromatic N) is 3. The molecule has 1 heterocycles. The van der Waals surface area contributed by atoms with Gasteiger partial charge in [0, 0.05) is 22.5 Å². The highest BCUT2D eigenvalue weighted by atomic mass is 15.2. The molecule has 0 aliphatic rings. The summed E-state index contributed by atoms with van der Waals surface area (Å²) in [6.07, 6.45) is 0. The lowest BCUT2D eigenvalue weighted by Crippen LogP contribution is -2.22. The number of aliphatic imine (C=N–C) groups is 1. The van der Waals surface area contributed by atoms with Crippen LogP contribution in [0.5, 0.6) is 0 Å². The molecule has 0 atom stereocenters. The second kappa shape index (κ2) is 5.81. The highest BCUT2D eigenvalue weighted by Gasteiger charge is 2.03. The largest absolute Gasteiger partial charge is 0.369 e. The first kappa shape index (κ1) is 14.0. The van der Waals surface area contributed by atoms with Gasteiger partial charge in [-0.2, -0.15) is 4.99 Å².